The third kappa shape index (κ3) is 5.35. The maximum absolute atomic E-state index is 10.1. The van der Waals surface area contributed by atoms with Crippen molar-refractivity contribution in [1.82, 2.24) is 9.80 Å². The molecule has 1 aromatic heterocycles. The molecule has 0 spiro atoms. The van der Waals surface area contributed by atoms with Crippen molar-refractivity contribution in [3.05, 3.63) is 89.0 Å². The zero-order valence-corrected chi connectivity index (χ0v) is 21.6. The van der Waals surface area contributed by atoms with Gasteiger partial charge in [0.1, 0.15) is 5.75 Å². The van der Waals surface area contributed by atoms with Crippen LogP contribution in [0.25, 0.3) is 20.5 Å². The molecule has 0 atom stereocenters. The molecule has 0 radical (unpaired) electrons. The Morgan fingerprint density at radius 2 is 1.33 bits per heavy atom. The fourth-order valence-electron chi connectivity index (χ4n) is 5.49. The van der Waals surface area contributed by atoms with Crippen LogP contribution in [0.2, 0.25) is 0 Å². The standard InChI is InChI=1S/C31H34N2O2S/c34-27-11-12-28-29(19-23-3-5-24(6-4-23)21-32-13-1-2-14-32)31(36-30(28)20-27)26-9-7-25(8-10-26)22-33-15-17-35-18-16-33/h3-12,20,34H,1-2,13-19,21-22H2. The highest BCUT2D eigenvalue weighted by Gasteiger charge is 2.17. The normalized spacial score (nSPS) is 17.2. The Balaban J connectivity index is 1.26. The lowest BCUT2D eigenvalue weighted by atomic mass is 9.97. The number of aromatic hydroxyl groups is 1. The molecule has 1 N–H and O–H groups in total. The number of nitrogens with zero attached hydrogens (tertiary/aromatic N) is 2. The summed E-state index contributed by atoms with van der Waals surface area (Å²) in [7, 11) is 0. The fourth-order valence-corrected chi connectivity index (χ4v) is 6.75. The fraction of sp³-hybridized carbons (Fsp3) is 0.355. The summed E-state index contributed by atoms with van der Waals surface area (Å²) < 4.78 is 6.63. The van der Waals surface area contributed by atoms with E-state index in [-0.39, 0.29) is 0 Å². The Hall–Kier alpha value is -2.70. The smallest absolute Gasteiger partial charge is 0.117 e. The Kier molecular flexibility index (Phi) is 7.06. The van der Waals surface area contributed by atoms with Crippen LogP contribution >= 0.6 is 11.3 Å². The van der Waals surface area contributed by atoms with E-state index in [2.05, 4.69) is 64.4 Å². The molecule has 4 nitrogen and oxygen atoms in total. The van der Waals surface area contributed by atoms with Gasteiger partial charge in [-0.1, -0.05) is 48.5 Å². The molecule has 0 amide bonds. The van der Waals surface area contributed by atoms with Crippen molar-refractivity contribution in [2.75, 3.05) is 39.4 Å². The molecule has 2 fully saturated rings. The van der Waals surface area contributed by atoms with E-state index in [0.717, 1.165) is 50.5 Å². The van der Waals surface area contributed by atoms with Gasteiger partial charge in [-0.25, -0.2) is 0 Å². The van der Waals surface area contributed by atoms with Crippen LogP contribution in [0.4, 0.5) is 0 Å². The van der Waals surface area contributed by atoms with E-state index < -0.39 is 0 Å². The number of phenolic OH excluding ortho intramolecular Hbond substituents is 1. The van der Waals surface area contributed by atoms with Gasteiger partial charge in [-0.2, -0.15) is 0 Å². The van der Waals surface area contributed by atoms with Crippen molar-refractivity contribution in [3.63, 3.8) is 0 Å². The Morgan fingerprint density at radius 3 is 2.03 bits per heavy atom. The van der Waals surface area contributed by atoms with Gasteiger partial charge in [0.15, 0.2) is 0 Å². The molecule has 186 valence electrons. The van der Waals surface area contributed by atoms with Gasteiger partial charge in [-0.15, -0.1) is 11.3 Å². The molecule has 0 saturated carbocycles. The zero-order valence-electron chi connectivity index (χ0n) is 20.8. The van der Waals surface area contributed by atoms with Gasteiger partial charge in [0, 0.05) is 35.8 Å². The van der Waals surface area contributed by atoms with Gasteiger partial charge in [0.2, 0.25) is 0 Å². The Bertz CT molecular complexity index is 1300. The first kappa shape index (κ1) is 23.7. The molecule has 0 unspecified atom stereocenters. The highest BCUT2D eigenvalue weighted by Crippen LogP contribution is 2.41. The Labute approximate surface area is 217 Å². The number of fused-ring (bicyclic) bond motifs is 1. The number of benzene rings is 3. The summed E-state index contributed by atoms with van der Waals surface area (Å²) in [4.78, 5) is 6.31. The molecular formula is C31H34N2O2S. The first-order valence-corrected chi connectivity index (χ1v) is 14.0. The number of rotatable bonds is 7. The van der Waals surface area contributed by atoms with E-state index >= 15 is 0 Å². The molecule has 36 heavy (non-hydrogen) atoms. The van der Waals surface area contributed by atoms with Crippen LogP contribution in [-0.4, -0.2) is 54.3 Å². The van der Waals surface area contributed by atoms with E-state index in [4.69, 9.17) is 4.74 Å². The van der Waals surface area contributed by atoms with Crippen molar-refractivity contribution in [3.8, 4) is 16.2 Å². The summed E-state index contributed by atoms with van der Waals surface area (Å²) in [5, 5.41) is 11.4. The highest BCUT2D eigenvalue weighted by molar-refractivity contribution is 7.22. The minimum Gasteiger partial charge on any atom is -0.508 e. The average molecular weight is 499 g/mol. The lowest BCUT2D eigenvalue weighted by Gasteiger charge is -2.26. The molecule has 6 rings (SSSR count). The van der Waals surface area contributed by atoms with Crippen LogP contribution in [0.1, 0.15) is 35.1 Å². The predicted octanol–water partition coefficient (Wildman–Crippen LogP) is 6.29. The molecule has 5 heteroatoms. The van der Waals surface area contributed by atoms with Gasteiger partial charge in [-0.3, -0.25) is 9.80 Å². The van der Waals surface area contributed by atoms with Crippen LogP contribution in [0.3, 0.4) is 0 Å². The first-order chi connectivity index (χ1) is 17.7. The van der Waals surface area contributed by atoms with Gasteiger partial charge < -0.3 is 9.84 Å². The van der Waals surface area contributed by atoms with Gasteiger partial charge in [0.05, 0.1) is 13.2 Å². The summed E-state index contributed by atoms with van der Waals surface area (Å²) in [6.45, 7) is 8.15. The third-order valence-electron chi connectivity index (χ3n) is 7.51. The van der Waals surface area contributed by atoms with E-state index in [0.29, 0.717) is 5.75 Å². The second kappa shape index (κ2) is 10.7. The average Bonchev–Trinajstić information content (AvgIpc) is 3.54. The van der Waals surface area contributed by atoms with Crippen LogP contribution < -0.4 is 0 Å². The first-order valence-electron chi connectivity index (χ1n) is 13.2. The van der Waals surface area contributed by atoms with Crippen LogP contribution in [0.15, 0.2) is 66.7 Å². The number of thiophene rings is 1. The quantitative estimate of drug-likeness (QED) is 0.325. The Morgan fingerprint density at radius 1 is 0.722 bits per heavy atom. The molecule has 2 aliphatic heterocycles. The molecular weight excluding hydrogens is 464 g/mol. The van der Waals surface area contributed by atoms with Crippen molar-refractivity contribution in [2.24, 2.45) is 0 Å². The van der Waals surface area contributed by atoms with Gasteiger partial charge in [0.25, 0.3) is 0 Å². The predicted molar refractivity (Wildman–Crippen MR) is 149 cm³/mol. The second-order valence-corrected chi connectivity index (χ2v) is 11.2. The number of morpholine rings is 1. The number of hydrogen-bond donors (Lipinski definition) is 1. The molecule has 0 bridgehead atoms. The van der Waals surface area contributed by atoms with E-state index in [1.165, 1.54) is 64.0 Å². The summed E-state index contributed by atoms with van der Waals surface area (Å²) in [6, 6.07) is 24.1. The summed E-state index contributed by atoms with van der Waals surface area (Å²) in [6.07, 6.45) is 3.55. The third-order valence-corrected chi connectivity index (χ3v) is 8.76. The maximum atomic E-state index is 10.1. The minimum atomic E-state index is 0.328. The molecule has 3 heterocycles. The van der Waals surface area contributed by atoms with Crippen molar-refractivity contribution >= 4 is 21.4 Å². The molecule has 2 saturated heterocycles. The molecule has 4 aromatic rings. The van der Waals surface area contributed by atoms with Crippen molar-refractivity contribution in [1.29, 1.82) is 0 Å². The number of phenols is 1. The molecule has 2 aliphatic rings. The summed E-state index contributed by atoms with van der Waals surface area (Å²) in [5.74, 6) is 0.328. The van der Waals surface area contributed by atoms with E-state index in [9.17, 15) is 5.11 Å². The zero-order chi connectivity index (χ0) is 24.3. The van der Waals surface area contributed by atoms with Gasteiger partial charge in [-0.05, 0) is 83.8 Å². The van der Waals surface area contributed by atoms with Crippen LogP contribution in [0, 0.1) is 0 Å². The largest absolute Gasteiger partial charge is 0.508 e. The highest BCUT2D eigenvalue weighted by atomic mass is 32.1. The topological polar surface area (TPSA) is 35.9 Å². The minimum absolute atomic E-state index is 0.328. The number of ether oxygens (including phenoxy) is 1. The van der Waals surface area contributed by atoms with Gasteiger partial charge >= 0.3 is 0 Å². The lowest BCUT2D eigenvalue weighted by Crippen LogP contribution is -2.35. The lowest BCUT2D eigenvalue weighted by molar-refractivity contribution is 0.0342. The van der Waals surface area contributed by atoms with Crippen molar-refractivity contribution in [2.45, 2.75) is 32.4 Å². The second-order valence-electron chi connectivity index (χ2n) is 10.2. The maximum Gasteiger partial charge on any atom is 0.117 e. The number of hydrogen-bond acceptors (Lipinski definition) is 5. The summed E-state index contributed by atoms with van der Waals surface area (Å²) in [5.41, 5.74) is 6.68. The SMILES string of the molecule is Oc1ccc2c(Cc3ccc(CN4CCCC4)cc3)c(-c3ccc(CN4CCOCC4)cc3)sc2c1. The van der Waals surface area contributed by atoms with E-state index in [1.54, 1.807) is 11.3 Å². The van der Waals surface area contributed by atoms with Crippen LogP contribution in [0.5, 0.6) is 5.75 Å². The van der Waals surface area contributed by atoms with Crippen molar-refractivity contribution < 1.29 is 9.84 Å². The van der Waals surface area contributed by atoms with E-state index in [1.807, 2.05) is 12.1 Å². The molecule has 0 aliphatic carbocycles. The summed E-state index contributed by atoms with van der Waals surface area (Å²) >= 11 is 1.78. The molecule has 3 aromatic carbocycles. The van der Waals surface area contributed by atoms with Crippen LogP contribution in [-0.2, 0) is 24.2 Å². The number of likely N-dealkylation sites (tertiary alicyclic amines) is 1. The monoisotopic (exact) mass is 498 g/mol.